The number of rotatable bonds is 3. The van der Waals surface area contributed by atoms with Crippen molar-refractivity contribution in [2.75, 3.05) is 13.6 Å². The average molecular weight is 257 g/mol. The summed E-state index contributed by atoms with van der Waals surface area (Å²) in [6, 6.07) is 13.4. The first-order valence-corrected chi connectivity index (χ1v) is 7.55. The Labute approximate surface area is 113 Å². The van der Waals surface area contributed by atoms with E-state index in [2.05, 4.69) is 47.1 Å². The molecule has 2 heteroatoms. The molecular weight excluding hydrogens is 238 g/mol. The molecular formula is C16H19NS. The van der Waals surface area contributed by atoms with Crippen molar-refractivity contribution >= 4 is 11.3 Å². The third-order valence-electron chi connectivity index (χ3n) is 3.95. The van der Waals surface area contributed by atoms with Gasteiger partial charge in [-0.2, -0.15) is 0 Å². The highest BCUT2D eigenvalue weighted by Crippen LogP contribution is 2.43. The van der Waals surface area contributed by atoms with Gasteiger partial charge in [-0.25, -0.2) is 0 Å². The van der Waals surface area contributed by atoms with Gasteiger partial charge in [0.15, 0.2) is 0 Å². The number of benzene rings is 1. The fourth-order valence-electron chi connectivity index (χ4n) is 3.12. The van der Waals surface area contributed by atoms with Crippen LogP contribution < -0.4 is 5.32 Å². The molecule has 0 fully saturated rings. The first-order valence-electron chi connectivity index (χ1n) is 6.67. The second-order valence-electron chi connectivity index (χ2n) is 5.03. The summed E-state index contributed by atoms with van der Waals surface area (Å²) >= 11 is 1.89. The van der Waals surface area contributed by atoms with E-state index >= 15 is 0 Å². The average Bonchev–Trinajstić information content (AvgIpc) is 2.93. The van der Waals surface area contributed by atoms with E-state index in [1.807, 2.05) is 18.4 Å². The van der Waals surface area contributed by atoms with Gasteiger partial charge in [0.1, 0.15) is 0 Å². The van der Waals surface area contributed by atoms with E-state index in [-0.39, 0.29) is 0 Å². The largest absolute Gasteiger partial charge is 0.319 e. The maximum Gasteiger partial charge on any atom is 0.0187 e. The molecule has 2 unspecified atom stereocenters. The Morgan fingerprint density at radius 1 is 1.11 bits per heavy atom. The van der Waals surface area contributed by atoms with Gasteiger partial charge in [-0.1, -0.05) is 30.3 Å². The number of hydrogen-bond acceptors (Lipinski definition) is 2. The van der Waals surface area contributed by atoms with E-state index in [9.17, 15) is 0 Å². The van der Waals surface area contributed by atoms with E-state index in [0.717, 1.165) is 6.54 Å². The summed E-state index contributed by atoms with van der Waals surface area (Å²) in [5.41, 5.74) is 3.10. The molecule has 1 aromatic carbocycles. The third kappa shape index (κ3) is 2.11. The van der Waals surface area contributed by atoms with E-state index in [4.69, 9.17) is 0 Å². The second kappa shape index (κ2) is 5.25. The molecule has 0 aliphatic heterocycles. The molecule has 3 rings (SSSR count). The second-order valence-corrected chi connectivity index (χ2v) is 6.01. The highest BCUT2D eigenvalue weighted by atomic mass is 32.1. The molecule has 1 heterocycles. The van der Waals surface area contributed by atoms with Crippen LogP contribution in [-0.2, 0) is 0 Å². The Balaban J connectivity index is 1.99. The summed E-state index contributed by atoms with van der Waals surface area (Å²) in [5, 5.41) is 5.52. The lowest BCUT2D eigenvalue weighted by molar-refractivity contribution is 0.502. The quantitative estimate of drug-likeness (QED) is 0.877. The van der Waals surface area contributed by atoms with Crippen LogP contribution in [0.3, 0.4) is 0 Å². The zero-order chi connectivity index (χ0) is 12.4. The molecule has 1 aliphatic rings. The van der Waals surface area contributed by atoms with Crippen molar-refractivity contribution < 1.29 is 0 Å². The Morgan fingerprint density at radius 3 is 2.67 bits per heavy atom. The van der Waals surface area contributed by atoms with Crippen LogP contribution in [-0.4, -0.2) is 13.6 Å². The summed E-state index contributed by atoms with van der Waals surface area (Å²) in [4.78, 5) is 1.52. The van der Waals surface area contributed by atoms with Crippen molar-refractivity contribution in [3.8, 4) is 0 Å². The SMILES string of the molecule is CNCC1CCC(c2cccs2)c2ccccc21. The zero-order valence-electron chi connectivity index (χ0n) is 10.7. The van der Waals surface area contributed by atoms with E-state index in [0.29, 0.717) is 11.8 Å². The van der Waals surface area contributed by atoms with E-state index in [1.54, 1.807) is 11.1 Å². The highest BCUT2D eigenvalue weighted by molar-refractivity contribution is 7.10. The molecule has 0 amide bonds. The molecule has 2 atom stereocenters. The van der Waals surface area contributed by atoms with Crippen LogP contribution in [0.25, 0.3) is 0 Å². The third-order valence-corrected chi connectivity index (χ3v) is 4.94. The summed E-state index contributed by atoms with van der Waals surface area (Å²) in [6.45, 7) is 1.09. The first-order chi connectivity index (χ1) is 8.90. The molecule has 0 spiro atoms. The van der Waals surface area contributed by atoms with Crippen LogP contribution in [0.4, 0.5) is 0 Å². The monoisotopic (exact) mass is 257 g/mol. The molecule has 1 aliphatic carbocycles. The highest BCUT2D eigenvalue weighted by Gasteiger charge is 2.27. The molecule has 0 saturated carbocycles. The number of thiophene rings is 1. The van der Waals surface area contributed by atoms with Crippen molar-refractivity contribution in [1.82, 2.24) is 5.32 Å². The molecule has 18 heavy (non-hydrogen) atoms. The lowest BCUT2D eigenvalue weighted by Crippen LogP contribution is -2.23. The van der Waals surface area contributed by atoms with Crippen LogP contribution in [0.2, 0.25) is 0 Å². The van der Waals surface area contributed by atoms with Crippen LogP contribution in [0.5, 0.6) is 0 Å². The van der Waals surface area contributed by atoms with Crippen molar-refractivity contribution in [3.05, 3.63) is 57.8 Å². The van der Waals surface area contributed by atoms with Crippen LogP contribution in [0.1, 0.15) is 40.7 Å². The van der Waals surface area contributed by atoms with Gasteiger partial charge >= 0.3 is 0 Å². The summed E-state index contributed by atoms with van der Waals surface area (Å²) < 4.78 is 0. The molecule has 2 aromatic rings. The molecule has 0 radical (unpaired) electrons. The smallest absolute Gasteiger partial charge is 0.0187 e. The van der Waals surface area contributed by atoms with Crippen LogP contribution >= 0.6 is 11.3 Å². The predicted octanol–water partition coefficient (Wildman–Crippen LogP) is 3.98. The van der Waals surface area contributed by atoms with Crippen molar-refractivity contribution in [2.45, 2.75) is 24.7 Å². The summed E-state index contributed by atoms with van der Waals surface area (Å²) in [5.74, 6) is 1.30. The van der Waals surface area contributed by atoms with Gasteiger partial charge in [0.2, 0.25) is 0 Å². The Kier molecular flexibility index (Phi) is 3.48. The lowest BCUT2D eigenvalue weighted by atomic mass is 9.76. The van der Waals surface area contributed by atoms with Gasteiger partial charge < -0.3 is 5.32 Å². The molecule has 0 bridgehead atoms. The number of hydrogen-bond donors (Lipinski definition) is 1. The van der Waals surface area contributed by atoms with Gasteiger partial charge in [0.05, 0.1) is 0 Å². The molecule has 94 valence electrons. The molecule has 1 N–H and O–H groups in total. The van der Waals surface area contributed by atoms with Gasteiger partial charge in [0, 0.05) is 17.3 Å². The normalized spacial score (nSPS) is 22.7. The zero-order valence-corrected chi connectivity index (χ0v) is 11.5. The van der Waals surface area contributed by atoms with Crippen molar-refractivity contribution in [1.29, 1.82) is 0 Å². The van der Waals surface area contributed by atoms with Crippen molar-refractivity contribution in [2.24, 2.45) is 0 Å². The topological polar surface area (TPSA) is 12.0 Å². The van der Waals surface area contributed by atoms with Gasteiger partial charge in [-0.15, -0.1) is 11.3 Å². The Bertz CT molecular complexity index is 504. The van der Waals surface area contributed by atoms with Gasteiger partial charge in [-0.3, -0.25) is 0 Å². The van der Waals surface area contributed by atoms with Gasteiger partial charge in [-0.05, 0) is 48.4 Å². The minimum atomic E-state index is 0.620. The van der Waals surface area contributed by atoms with E-state index in [1.165, 1.54) is 17.7 Å². The molecule has 1 aromatic heterocycles. The predicted molar refractivity (Wildman–Crippen MR) is 78.5 cm³/mol. The summed E-state index contributed by atoms with van der Waals surface area (Å²) in [6.07, 6.45) is 2.57. The van der Waals surface area contributed by atoms with Gasteiger partial charge in [0.25, 0.3) is 0 Å². The molecule has 1 nitrogen and oxygen atoms in total. The standard InChI is InChI=1S/C16H19NS/c1-17-11-12-8-9-15(16-7-4-10-18-16)14-6-3-2-5-13(12)14/h2-7,10,12,15,17H,8-9,11H2,1H3. The maximum absolute atomic E-state index is 3.33. The molecule has 0 saturated heterocycles. The van der Waals surface area contributed by atoms with E-state index < -0.39 is 0 Å². The van der Waals surface area contributed by atoms with Crippen LogP contribution in [0.15, 0.2) is 41.8 Å². The minimum absolute atomic E-state index is 0.620. The first kappa shape index (κ1) is 11.9. The fraction of sp³-hybridized carbons (Fsp3) is 0.375. The number of nitrogens with one attached hydrogen (secondary N) is 1. The fourth-order valence-corrected chi connectivity index (χ4v) is 4.00. The lowest BCUT2D eigenvalue weighted by Gasteiger charge is -2.31. The minimum Gasteiger partial charge on any atom is -0.319 e. The maximum atomic E-state index is 3.33. The number of fused-ring (bicyclic) bond motifs is 1. The number of likely N-dealkylation sites (N-methyl/N-ethyl adjacent to an activating group) is 1. The van der Waals surface area contributed by atoms with Crippen LogP contribution in [0, 0.1) is 0 Å². The Hall–Kier alpha value is -1.12. The Morgan fingerprint density at radius 2 is 1.94 bits per heavy atom. The summed E-state index contributed by atoms with van der Waals surface area (Å²) in [7, 11) is 2.05. The van der Waals surface area contributed by atoms with Crippen molar-refractivity contribution in [3.63, 3.8) is 0 Å².